The Morgan fingerprint density at radius 3 is 2.51 bits per heavy atom. The normalized spacial score (nSPS) is 17.0. The van der Waals surface area contributed by atoms with Gasteiger partial charge in [-0.1, -0.05) is 31.1 Å². The predicted molar refractivity (Wildman–Crippen MR) is 147 cm³/mol. The third-order valence-electron chi connectivity index (χ3n) is 8.24. The van der Waals surface area contributed by atoms with Gasteiger partial charge in [0.05, 0.1) is 16.9 Å². The van der Waals surface area contributed by atoms with Gasteiger partial charge in [0, 0.05) is 30.0 Å². The molecule has 190 valence electrons. The molecular formula is C29H31FN6S. The van der Waals surface area contributed by atoms with E-state index < -0.39 is 0 Å². The standard InChI is InChI=1S/C29H31FN6S/c1-3-23-27(33-28-32-26(25(18-31)37-28)20-6-8-21(30)9-7-20)24-17-22(16-19(2)36(24)34-23)35-14-12-29(13-15-35)10-4-5-11-29/h6-9,16-17H,3-5,10-15H2,1-2H3,(H,32,33). The van der Waals surface area contributed by atoms with Gasteiger partial charge in [-0.15, -0.1) is 0 Å². The molecule has 0 unspecified atom stereocenters. The fourth-order valence-electron chi connectivity index (χ4n) is 6.13. The first-order chi connectivity index (χ1) is 18.0. The van der Waals surface area contributed by atoms with Gasteiger partial charge < -0.3 is 10.2 Å². The van der Waals surface area contributed by atoms with Crippen molar-refractivity contribution in [1.29, 1.82) is 5.26 Å². The zero-order valence-electron chi connectivity index (χ0n) is 21.4. The van der Waals surface area contributed by atoms with Crippen LogP contribution in [-0.2, 0) is 6.42 Å². The highest BCUT2D eigenvalue weighted by molar-refractivity contribution is 7.16. The van der Waals surface area contributed by atoms with Crippen LogP contribution in [0.4, 0.5) is 20.9 Å². The molecule has 0 amide bonds. The van der Waals surface area contributed by atoms with Gasteiger partial charge in [-0.05, 0) is 80.8 Å². The number of fused-ring (bicyclic) bond motifs is 1. The number of nitrogens with one attached hydrogen (secondary N) is 1. The number of piperidine rings is 1. The van der Waals surface area contributed by atoms with Crippen molar-refractivity contribution in [1.82, 2.24) is 14.6 Å². The van der Waals surface area contributed by atoms with E-state index >= 15 is 0 Å². The van der Waals surface area contributed by atoms with Gasteiger partial charge in [0.15, 0.2) is 5.13 Å². The summed E-state index contributed by atoms with van der Waals surface area (Å²) in [5, 5.41) is 18.8. The molecule has 6 nitrogen and oxygen atoms in total. The lowest BCUT2D eigenvalue weighted by Crippen LogP contribution is -2.38. The summed E-state index contributed by atoms with van der Waals surface area (Å²) in [7, 11) is 0. The fourth-order valence-corrected chi connectivity index (χ4v) is 6.92. The number of nitrogens with zero attached hydrogens (tertiary/aromatic N) is 5. The summed E-state index contributed by atoms with van der Waals surface area (Å²) in [6.45, 7) is 6.42. The molecule has 1 saturated carbocycles. The molecule has 1 aliphatic carbocycles. The topological polar surface area (TPSA) is 69.2 Å². The van der Waals surface area contributed by atoms with Gasteiger partial charge >= 0.3 is 0 Å². The summed E-state index contributed by atoms with van der Waals surface area (Å²) >= 11 is 1.31. The molecule has 2 fully saturated rings. The Hall–Kier alpha value is -3.44. The Morgan fingerprint density at radius 1 is 1.11 bits per heavy atom. The molecule has 1 spiro atoms. The van der Waals surface area contributed by atoms with Gasteiger partial charge in [-0.2, -0.15) is 10.4 Å². The molecule has 1 N–H and O–H groups in total. The molecular weight excluding hydrogens is 483 g/mol. The minimum Gasteiger partial charge on any atom is -0.371 e. The Balaban J connectivity index is 1.34. The highest BCUT2D eigenvalue weighted by atomic mass is 32.1. The van der Waals surface area contributed by atoms with Gasteiger partial charge in [0.25, 0.3) is 0 Å². The maximum atomic E-state index is 13.4. The molecule has 1 aliphatic heterocycles. The number of halogens is 1. The summed E-state index contributed by atoms with van der Waals surface area (Å²) in [4.78, 5) is 7.75. The molecule has 4 aromatic rings. The molecule has 3 aromatic heterocycles. The molecule has 0 radical (unpaired) electrons. The minimum atomic E-state index is -0.312. The summed E-state index contributed by atoms with van der Waals surface area (Å²) in [5.41, 5.74) is 7.12. The van der Waals surface area contributed by atoms with Crippen LogP contribution in [0.2, 0.25) is 0 Å². The SMILES string of the molecule is CCc1nn2c(C)cc(N3CCC4(CCCC4)CC3)cc2c1Nc1nc(-c2ccc(F)cc2)c(C#N)s1. The number of nitriles is 1. The lowest BCUT2D eigenvalue weighted by Gasteiger charge is -2.40. The van der Waals surface area contributed by atoms with E-state index in [2.05, 4.69) is 42.3 Å². The van der Waals surface area contributed by atoms with Crippen molar-refractivity contribution in [2.45, 2.75) is 58.8 Å². The van der Waals surface area contributed by atoms with E-state index in [0.717, 1.165) is 47.7 Å². The van der Waals surface area contributed by atoms with Crippen LogP contribution < -0.4 is 10.2 Å². The number of thiazole rings is 1. The average Bonchev–Trinajstić information content (AvgIpc) is 3.63. The van der Waals surface area contributed by atoms with Crippen molar-refractivity contribution in [2.24, 2.45) is 5.41 Å². The van der Waals surface area contributed by atoms with Gasteiger partial charge in [0.2, 0.25) is 0 Å². The zero-order valence-corrected chi connectivity index (χ0v) is 22.2. The Kier molecular flexibility index (Phi) is 6.12. The van der Waals surface area contributed by atoms with Crippen LogP contribution in [0, 0.1) is 29.5 Å². The smallest absolute Gasteiger partial charge is 0.189 e. The van der Waals surface area contributed by atoms with Crippen molar-refractivity contribution >= 4 is 33.4 Å². The van der Waals surface area contributed by atoms with Crippen LogP contribution in [0.3, 0.4) is 0 Å². The van der Waals surface area contributed by atoms with Crippen molar-refractivity contribution in [3.63, 3.8) is 0 Å². The summed E-state index contributed by atoms with van der Waals surface area (Å²) in [6.07, 6.45) is 8.91. The predicted octanol–water partition coefficient (Wildman–Crippen LogP) is 7.24. The number of hydrogen-bond acceptors (Lipinski definition) is 6. The highest BCUT2D eigenvalue weighted by Crippen LogP contribution is 2.47. The van der Waals surface area contributed by atoms with Crippen molar-refractivity contribution < 1.29 is 4.39 Å². The van der Waals surface area contributed by atoms with Crippen LogP contribution in [0.15, 0.2) is 36.4 Å². The second kappa shape index (κ2) is 9.46. The monoisotopic (exact) mass is 514 g/mol. The number of anilines is 3. The van der Waals surface area contributed by atoms with Gasteiger partial charge in [-0.3, -0.25) is 0 Å². The van der Waals surface area contributed by atoms with Crippen LogP contribution in [0.5, 0.6) is 0 Å². The van der Waals surface area contributed by atoms with E-state index in [1.54, 1.807) is 12.1 Å². The molecule has 6 rings (SSSR count). The second-order valence-corrected chi connectivity index (χ2v) is 11.5. The van der Waals surface area contributed by atoms with E-state index in [-0.39, 0.29) is 5.82 Å². The first-order valence-electron chi connectivity index (χ1n) is 13.2. The van der Waals surface area contributed by atoms with Gasteiger partial charge in [-0.25, -0.2) is 13.9 Å². The largest absolute Gasteiger partial charge is 0.371 e. The summed E-state index contributed by atoms with van der Waals surface area (Å²) in [5.74, 6) is -0.312. The third-order valence-corrected chi connectivity index (χ3v) is 9.11. The second-order valence-electron chi connectivity index (χ2n) is 10.5. The Morgan fingerprint density at radius 2 is 1.84 bits per heavy atom. The maximum Gasteiger partial charge on any atom is 0.189 e. The third kappa shape index (κ3) is 4.36. The number of aryl methyl sites for hydroxylation is 2. The molecule has 37 heavy (non-hydrogen) atoms. The number of pyridine rings is 1. The fraction of sp³-hybridized carbons (Fsp3) is 0.414. The minimum absolute atomic E-state index is 0.312. The molecule has 0 bridgehead atoms. The molecule has 1 saturated heterocycles. The number of rotatable bonds is 5. The summed E-state index contributed by atoms with van der Waals surface area (Å²) < 4.78 is 15.4. The number of benzene rings is 1. The number of aromatic nitrogens is 3. The van der Waals surface area contributed by atoms with E-state index in [1.807, 2.05) is 4.52 Å². The van der Waals surface area contributed by atoms with E-state index in [0.29, 0.717) is 21.1 Å². The summed E-state index contributed by atoms with van der Waals surface area (Å²) in [6, 6.07) is 12.8. The quantitative estimate of drug-likeness (QED) is 0.304. The Bertz CT molecular complexity index is 1480. The lowest BCUT2D eigenvalue weighted by molar-refractivity contribution is 0.226. The van der Waals surface area contributed by atoms with E-state index in [1.165, 1.54) is 67.7 Å². The van der Waals surface area contributed by atoms with E-state index in [4.69, 9.17) is 10.1 Å². The average molecular weight is 515 g/mol. The highest BCUT2D eigenvalue weighted by Gasteiger charge is 2.37. The van der Waals surface area contributed by atoms with Crippen molar-refractivity contribution in [3.05, 3.63) is 58.5 Å². The first-order valence-corrected chi connectivity index (χ1v) is 14.0. The lowest BCUT2D eigenvalue weighted by atomic mass is 9.77. The maximum absolute atomic E-state index is 13.4. The van der Waals surface area contributed by atoms with Crippen LogP contribution in [-0.4, -0.2) is 27.7 Å². The number of hydrogen-bond donors (Lipinski definition) is 1. The molecule has 4 heterocycles. The first kappa shape index (κ1) is 23.9. The van der Waals surface area contributed by atoms with Crippen molar-refractivity contribution in [3.8, 4) is 17.3 Å². The molecule has 0 atom stereocenters. The van der Waals surface area contributed by atoms with E-state index in [9.17, 15) is 9.65 Å². The molecule has 1 aromatic carbocycles. The molecule has 8 heteroatoms. The Labute approximate surface area is 220 Å². The van der Waals surface area contributed by atoms with Crippen LogP contribution in [0.25, 0.3) is 16.8 Å². The van der Waals surface area contributed by atoms with Gasteiger partial charge in [0.1, 0.15) is 22.5 Å². The van der Waals surface area contributed by atoms with Crippen molar-refractivity contribution in [2.75, 3.05) is 23.3 Å². The van der Waals surface area contributed by atoms with Crippen LogP contribution >= 0.6 is 11.3 Å². The zero-order chi connectivity index (χ0) is 25.6. The van der Waals surface area contributed by atoms with Crippen LogP contribution in [0.1, 0.15) is 61.7 Å². The molecule has 2 aliphatic rings.